The molecule has 0 radical (unpaired) electrons. The Labute approximate surface area is 508 Å². The number of nitrogens with one attached hydrogen (secondary N) is 6. The third kappa shape index (κ3) is 40.0. The first-order chi connectivity index (χ1) is 39.1. The lowest BCUT2D eigenvalue weighted by Crippen LogP contribution is -2.49. The quantitative estimate of drug-likeness (QED) is 0.0277. The Bertz CT molecular complexity index is 2100. The van der Waals surface area contributed by atoms with E-state index in [4.69, 9.17) is 0 Å². The molecule has 0 saturated heterocycles. The molecule has 83 heavy (non-hydrogen) atoms. The largest absolute Gasteiger partial charge is 0.310 e. The molecule has 6 N–H and O–H groups in total. The number of hydrogen-bond acceptors (Lipinski definition) is 12. The van der Waals surface area contributed by atoms with E-state index in [1.54, 1.807) is 41.5 Å². The van der Waals surface area contributed by atoms with Crippen LogP contribution in [0.15, 0.2) is 112 Å². The minimum Gasteiger partial charge on any atom is -0.310 e. The minimum absolute atomic E-state index is 0.0577. The van der Waals surface area contributed by atoms with Crippen LogP contribution in [-0.2, 0) is 41.6 Å². The van der Waals surface area contributed by atoms with Gasteiger partial charge in [-0.05, 0) is 239 Å². The van der Waals surface area contributed by atoms with Gasteiger partial charge in [0, 0.05) is 0 Å². The molecular formula is C71H122N6O6. The second-order valence-corrected chi connectivity index (χ2v) is 22.6. The van der Waals surface area contributed by atoms with Crippen LogP contribution >= 0.6 is 0 Å². The van der Waals surface area contributed by atoms with Gasteiger partial charge in [-0.15, -0.1) is 32.9 Å². The van der Waals surface area contributed by atoms with Crippen LogP contribution in [0.3, 0.4) is 0 Å². The first-order valence-electron chi connectivity index (χ1n) is 30.4. The maximum atomic E-state index is 11.8. The molecule has 472 valence electrons. The van der Waals surface area contributed by atoms with E-state index in [0.29, 0.717) is 0 Å². The molecule has 0 aliphatic carbocycles. The standard InChI is InChI=1S/C14H25NO.C13H25NO.2C12H17NO.2C10H19NO/c1-5-7-9-11-14(15-4,13(3)16)12-10-8-6-2;1-5-6-7-8-9-10-11-13(3,14-4)12(2)15;1-9-4-6-11(7-5-9)8-12(13-3)10(2)14;1-9-5-4-6-11(7-9)8-12(13-3)10(2)14;2*1-5-6-7-8-10(3,11-4)9(2)12/h5-6,15H,1-2,7-12H2,3-4H3;5,14H,1,6-11H2,2-4H3;2*4-7,12-13H,8H2,1-3H3;2*5,11H,1,6-8H2,2-4H3/t;13-;2*12-;2*10-/m.00010/s1. The van der Waals surface area contributed by atoms with Gasteiger partial charge in [0.25, 0.3) is 0 Å². The molecule has 0 spiro atoms. The molecule has 0 heterocycles. The zero-order valence-electron chi connectivity index (χ0n) is 55.8. The summed E-state index contributed by atoms with van der Waals surface area (Å²) in [6.07, 6.45) is 29.4. The summed E-state index contributed by atoms with van der Waals surface area (Å²) >= 11 is 0. The summed E-state index contributed by atoms with van der Waals surface area (Å²) in [5, 5.41) is 18.5. The van der Waals surface area contributed by atoms with Gasteiger partial charge in [-0.2, -0.15) is 0 Å². The number of ketones is 6. The van der Waals surface area contributed by atoms with Crippen molar-refractivity contribution >= 4 is 34.7 Å². The van der Waals surface area contributed by atoms with Crippen molar-refractivity contribution in [3.05, 3.63) is 134 Å². The number of hydrogen-bond donors (Lipinski definition) is 6. The molecule has 5 atom stereocenters. The van der Waals surface area contributed by atoms with Crippen molar-refractivity contribution in [2.45, 2.75) is 239 Å². The number of allylic oxidation sites excluding steroid dienone is 5. The summed E-state index contributed by atoms with van der Waals surface area (Å²) in [7, 11) is 11.0. The molecular weight excluding hydrogens is 1030 g/mol. The maximum absolute atomic E-state index is 11.8. The number of carbonyl (C=O) groups excluding carboxylic acids is 6. The molecule has 0 bridgehead atoms. The summed E-state index contributed by atoms with van der Waals surface area (Å²) in [4.78, 5) is 67.9. The van der Waals surface area contributed by atoms with Crippen LogP contribution in [0.25, 0.3) is 0 Å². The summed E-state index contributed by atoms with van der Waals surface area (Å²) < 4.78 is 0. The van der Waals surface area contributed by atoms with Crippen LogP contribution < -0.4 is 31.9 Å². The fourth-order valence-corrected chi connectivity index (χ4v) is 8.68. The fourth-order valence-electron chi connectivity index (χ4n) is 8.68. The van der Waals surface area contributed by atoms with Gasteiger partial charge in [-0.25, -0.2) is 0 Å². The van der Waals surface area contributed by atoms with E-state index in [1.165, 1.54) is 41.5 Å². The first kappa shape index (κ1) is 84.4. The zero-order chi connectivity index (χ0) is 64.5. The third-order valence-electron chi connectivity index (χ3n) is 15.9. The van der Waals surface area contributed by atoms with Gasteiger partial charge in [-0.3, -0.25) is 28.8 Å². The van der Waals surface area contributed by atoms with E-state index < -0.39 is 0 Å². The monoisotopic (exact) mass is 1150 g/mol. The SMILES string of the molecule is C=CCCCC(CCCC=C)(NC)C(C)=O.C=CCCCCCC[C@](C)(NC)C(C)=O.C=CCCC[C@@](C)(NC)C(C)=O.C=CCCC[C@](C)(NC)C(C)=O.CN[C@@H](Cc1ccc(C)cc1)C(C)=O.CN[C@@H](Cc1cccc(C)c1)C(C)=O. The average Bonchev–Trinajstić information content (AvgIpc) is 3.47. The molecule has 2 rings (SSSR count). The Balaban J connectivity index is -0.000000452. The van der Waals surface area contributed by atoms with E-state index in [9.17, 15) is 28.8 Å². The molecule has 2 aromatic rings. The third-order valence-corrected chi connectivity index (χ3v) is 15.9. The summed E-state index contributed by atoms with van der Waals surface area (Å²) in [6.45, 7) is 38.2. The predicted molar refractivity (Wildman–Crippen MR) is 358 cm³/mol. The molecule has 0 aromatic heterocycles. The van der Waals surface area contributed by atoms with Crippen LogP contribution in [0.5, 0.6) is 0 Å². The van der Waals surface area contributed by atoms with E-state index in [0.717, 1.165) is 109 Å². The number of likely N-dealkylation sites (N-methyl/N-ethyl adjacent to an activating group) is 6. The van der Waals surface area contributed by atoms with Crippen molar-refractivity contribution < 1.29 is 28.8 Å². The highest BCUT2D eigenvalue weighted by Crippen LogP contribution is 2.23. The normalized spacial score (nSPS) is 13.4. The van der Waals surface area contributed by atoms with Crippen LogP contribution in [0, 0.1) is 13.8 Å². The van der Waals surface area contributed by atoms with Crippen molar-refractivity contribution in [2.24, 2.45) is 0 Å². The maximum Gasteiger partial charge on any atom is 0.149 e. The van der Waals surface area contributed by atoms with E-state index in [-0.39, 0.29) is 68.9 Å². The molecule has 12 nitrogen and oxygen atoms in total. The highest BCUT2D eigenvalue weighted by molar-refractivity contribution is 5.87. The number of unbranched alkanes of at least 4 members (excludes halogenated alkanes) is 8. The summed E-state index contributed by atoms with van der Waals surface area (Å²) in [5.41, 5.74) is 3.54. The van der Waals surface area contributed by atoms with Crippen molar-refractivity contribution in [3.63, 3.8) is 0 Å². The number of benzene rings is 2. The van der Waals surface area contributed by atoms with Gasteiger partial charge in [0.1, 0.15) is 34.7 Å². The molecule has 0 unspecified atom stereocenters. The molecule has 0 aliphatic rings. The van der Waals surface area contributed by atoms with Crippen molar-refractivity contribution in [3.8, 4) is 0 Å². The van der Waals surface area contributed by atoms with Crippen molar-refractivity contribution in [1.29, 1.82) is 0 Å². The molecule has 0 aliphatic heterocycles. The molecule has 12 heteroatoms. The highest BCUT2D eigenvalue weighted by Gasteiger charge is 2.32. The Hall–Kier alpha value is -5.08. The Morgan fingerprint density at radius 2 is 0.747 bits per heavy atom. The second kappa shape index (κ2) is 50.3. The summed E-state index contributed by atoms with van der Waals surface area (Å²) in [6, 6.07) is 16.4. The Kier molecular flexibility index (Phi) is 51.1. The van der Waals surface area contributed by atoms with Crippen molar-refractivity contribution in [1.82, 2.24) is 31.9 Å². The second-order valence-electron chi connectivity index (χ2n) is 22.6. The highest BCUT2D eigenvalue weighted by atomic mass is 16.1. The number of Topliss-reactive ketones (excluding diaryl/α,β-unsaturated/α-hetero) is 6. The van der Waals surface area contributed by atoms with Gasteiger partial charge in [-0.1, -0.05) is 109 Å². The van der Waals surface area contributed by atoms with Gasteiger partial charge in [0.05, 0.1) is 34.2 Å². The van der Waals surface area contributed by atoms with Crippen LogP contribution in [0.1, 0.15) is 200 Å². The fraction of sp³-hybridized carbons (Fsp3) is 0.606. The van der Waals surface area contributed by atoms with Crippen LogP contribution in [0.4, 0.5) is 0 Å². The molecule has 0 amide bonds. The lowest BCUT2D eigenvalue weighted by atomic mass is 9.84. The Morgan fingerprint density at radius 3 is 1.05 bits per heavy atom. The number of rotatable bonds is 39. The van der Waals surface area contributed by atoms with Gasteiger partial charge < -0.3 is 31.9 Å². The number of carbonyl (C=O) groups is 6. The van der Waals surface area contributed by atoms with Gasteiger partial charge >= 0.3 is 0 Å². The first-order valence-corrected chi connectivity index (χ1v) is 30.4. The topological polar surface area (TPSA) is 175 Å². The van der Waals surface area contributed by atoms with Crippen molar-refractivity contribution in [2.75, 3.05) is 42.3 Å². The van der Waals surface area contributed by atoms with Gasteiger partial charge in [0.2, 0.25) is 0 Å². The predicted octanol–water partition coefficient (Wildman–Crippen LogP) is 13.6. The van der Waals surface area contributed by atoms with E-state index in [2.05, 4.69) is 121 Å². The minimum atomic E-state index is -0.344. The van der Waals surface area contributed by atoms with E-state index in [1.807, 2.05) is 99.5 Å². The smallest absolute Gasteiger partial charge is 0.149 e. The Morgan fingerprint density at radius 1 is 0.410 bits per heavy atom. The number of aryl methyl sites for hydroxylation is 2. The zero-order valence-corrected chi connectivity index (χ0v) is 55.8. The van der Waals surface area contributed by atoms with Gasteiger partial charge in [0.15, 0.2) is 0 Å². The van der Waals surface area contributed by atoms with Crippen LogP contribution in [-0.4, -0.2) is 111 Å². The molecule has 0 saturated carbocycles. The average molecular weight is 1160 g/mol. The summed E-state index contributed by atoms with van der Waals surface area (Å²) in [5.74, 6) is 1.25. The van der Waals surface area contributed by atoms with E-state index >= 15 is 0 Å². The molecule has 2 aromatic carbocycles. The lowest BCUT2D eigenvalue weighted by molar-refractivity contribution is -0.124. The van der Waals surface area contributed by atoms with Crippen LogP contribution in [0.2, 0.25) is 0 Å². The lowest BCUT2D eigenvalue weighted by Gasteiger charge is -2.31. The molecule has 0 fully saturated rings.